The molecule has 12 rings (SSSR count). The van der Waals surface area contributed by atoms with E-state index in [0.717, 1.165) is 17.1 Å². The molecule has 0 saturated heterocycles. The number of aromatic nitrogens is 9. The molecule has 3 aromatic carbocycles. The summed E-state index contributed by atoms with van der Waals surface area (Å²) in [5.41, 5.74) is -2.28. The number of carbonyl (C=O) groups excluding carboxylic acids is 3. The number of nitrogens with one attached hydrogen (secondary N) is 3. The van der Waals surface area contributed by atoms with Crippen LogP contribution < -0.4 is 16.0 Å². The summed E-state index contributed by atoms with van der Waals surface area (Å²) in [6.45, 7) is 0. The molecule has 0 radical (unpaired) electrons. The van der Waals surface area contributed by atoms with E-state index in [4.69, 9.17) is 0 Å². The number of anilines is 3. The van der Waals surface area contributed by atoms with E-state index in [2.05, 4.69) is 46.2 Å². The summed E-state index contributed by atoms with van der Waals surface area (Å²) >= 11 is 0.250. The lowest BCUT2D eigenvalue weighted by atomic mass is 9.94. The number of rotatable bonds is 12. The topological polar surface area (TPSA) is 179 Å². The van der Waals surface area contributed by atoms with Crippen molar-refractivity contribution in [3.8, 4) is 17.1 Å². The van der Waals surface area contributed by atoms with Crippen LogP contribution in [0.15, 0.2) is 201 Å². The zero-order chi connectivity index (χ0) is 55.2. The van der Waals surface area contributed by atoms with Crippen LogP contribution in [0.1, 0.15) is 36.0 Å². The molecule has 0 spiro atoms. The fourth-order valence-electron chi connectivity index (χ4n) is 8.87. The highest BCUT2D eigenvalue weighted by Gasteiger charge is 2.78. The molecule has 3 saturated carbocycles. The summed E-state index contributed by atoms with van der Waals surface area (Å²) in [7, 11) is 0. The van der Waals surface area contributed by atoms with Crippen LogP contribution in [0.5, 0.6) is 0 Å². The smallest absolute Gasteiger partial charge is 0.268 e. The molecule has 23 heteroatoms. The Kier molecular flexibility index (Phi) is 15.1. The van der Waals surface area contributed by atoms with Crippen molar-refractivity contribution >= 4 is 47.3 Å². The Morgan fingerprint density at radius 2 is 0.628 bits per heavy atom. The Bertz CT molecular complexity index is 3130. The summed E-state index contributed by atoms with van der Waals surface area (Å²) in [6, 6.07) is 39.6. The van der Waals surface area contributed by atoms with Gasteiger partial charge in [0.2, 0.25) is 17.7 Å². The molecule has 0 bridgehead atoms. The van der Waals surface area contributed by atoms with Gasteiger partial charge in [0.25, 0.3) is 17.8 Å². The van der Waals surface area contributed by atoms with Gasteiger partial charge in [-0.1, -0.05) is 91.0 Å². The minimum atomic E-state index is -3.06. The van der Waals surface area contributed by atoms with Gasteiger partial charge in [-0.25, -0.2) is 40.4 Å². The van der Waals surface area contributed by atoms with Crippen LogP contribution in [0.4, 0.5) is 47.7 Å². The Hall–Kier alpha value is -8.99. The zero-order valence-corrected chi connectivity index (χ0v) is 41.8. The average molecular weight is 1090 g/mol. The van der Waals surface area contributed by atoms with Gasteiger partial charge in [-0.05, 0) is 53.1 Å². The highest BCUT2D eigenvalue weighted by molar-refractivity contribution is 7.93. The van der Waals surface area contributed by atoms with Gasteiger partial charge >= 0.3 is 0 Å². The number of nitrogens with zero attached hydrogens (tertiary/aromatic N) is 9. The molecular weight excluding hydrogens is 1040 g/mol. The standard InChI is InChI=1S/3C18H14F2N4O.CH3FS/c3*19-18(20)12-17(18,13-4-2-1-3-5-13)16(25)22-15-8-11-24(23-15)14-6-9-21-10-7-14;1-3-2/h3*1-11H,12H2,(H,22,23,25);1H3/t2*17-;;/m10../s1. The van der Waals surface area contributed by atoms with Gasteiger partial charge in [-0.15, -0.1) is 0 Å². The fraction of sp³-hybridized carbons (Fsp3) is 0.182. The first-order chi connectivity index (χ1) is 37.5. The third kappa shape index (κ3) is 10.7. The van der Waals surface area contributed by atoms with Crippen molar-refractivity contribution < 1.29 is 44.6 Å². The maximum Gasteiger partial charge on any atom is 0.268 e. The number of halogens is 7. The number of carbonyl (C=O) groups is 3. The molecule has 15 nitrogen and oxygen atoms in total. The number of benzene rings is 3. The van der Waals surface area contributed by atoms with E-state index in [1.165, 1.54) is 20.3 Å². The van der Waals surface area contributed by atoms with Gasteiger partial charge in [0.15, 0.2) is 17.5 Å². The molecule has 6 aromatic heterocycles. The van der Waals surface area contributed by atoms with Gasteiger partial charge in [-0.3, -0.25) is 29.3 Å². The van der Waals surface area contributed by atoms with Crippen LogP contribution >= 0.6 is 12.1 Å². The van der Waals surface area contributed by atoms with Gasteiger partial charge < -0.3 is 16.0 Å². The van der Waals surface area contributed by atoms with E-state index in [0.29, 0.717) is 16.7 Å². The van der Waals surface area contributed by atoms with Crippen LogP contribution in [0.2, 0.25) is 0 Å². The first kappa shape index (κ1) is 53.8. The largest absolute Gasteiger partial charge is 0.308 e. The van der Waals surface area contributed by atoms with E-state index < -0.39 is 71.0 Å². The first-order valence-electron chi connectivity index (χ1n) is 23.8. The van der Waals surface area contributed by atoms with E-state index in [1.54, 1.807) is 201 Å². The number of alkyl halides is 6. The molecule has 78 heavy (non-hydrogen) atoms. The summed E-state index contributed by atoms with van der Waals surface area (Å²) in [5.74, 6) is -10.8. The number of amides is 3. The molecule has 398 valence electrons. The Morgan fingerprint density at radius 3 is 0.833 bits per heavy atom. The molecule has 3 aliphatic rings. The maximum atomic E-state index is 14.1. The third-order valence-corrected chi connectivity index (χ3v) is 13.2. The molecule has 9 aromatic rings. The SMILES string of the molecule is CSF.O=C(Nc1ccn(-c2ccncc2)n1)C1(c2ccccc2)CC1(F)F.O=C(Nc1ccn(-c2ccncc2)n1)[C@@]1(c2ccccc2)CC1(F)F.O=C(Nc1ccn(-c2ccncc2)n1)[C@]1(c2ccccc2)CC1(F)F. The molecule has 3 atom stereocenters. The highest BCUT2D eigenvalue weighted by Crippen LogP contribution is 2.64. The van der Waals surface area contributed by atoms with Crippen molar-refractivity contribution in [3.05, 3.63) is 218 Å². The lowest BCUT2D eigenvalue weighted by Crippen LogP contribution is -2.33. The molecular formula is C55H45F7N12O3S. The quantitative estimate of drug-likeness (QED) is 0.0997. The van der Waals surface area contributed by atoms with Crippen LogP contribution in [-0.4, -0.2) is 86.0 Å². The highest BCUT2D eigenvalue weighted by atomic mass is 32.2. The lowest BCUT2D eigenvalue weighted by molar-refractivity contribution is -0.122. The lowest BCUT2D eigenvalue weighted by Gasteiger charge is -2.15. The predicted molar refractivity (Wildman–Crippen MR) is 278 cm³/mol. The molecule has 3 N–H and O–H groups in total. The number of pyridine rings is 3. The van der Waals surface area contributed by atoms with Crippen LogP contribution in [-0.2, 0) is 30.6 Å². The van der Waals surface area contributed by atoms with Gasteiger partial charge in [0.1, 0.15) is 16.2 Å². The van der Waals surface area contributed by atoms with E-state index >= 15 is 0 Å². The second kappa shape index (κ2) is 21.9. The second-order valence-corrected chi connectivity index (χ2v) is 18.3. The Morgan fingerprint density at radius 1 is 0.410 bits per heavy atom. The summed E-state index contributed by atoms with van der Waals surface area (Å²) < 4.78 is 99.2. The normalized spacial score (nSPS) is 20.3. The van der Waals surface area contributed by atoms with E-state index in [9.17, 15) is 44.6 Å². The summed E-state index contributed by atoms with van der Waals surface area (Å²) in [4.78, 5) is 49.6. The van der Waals surface area contributed by atoms with Gasteiger partial charge in [0.05, 0.1) is 17.1 Å². The summed E-state index contributed by atoms with van der Waals surface area (Å²) in [6.07, 6.45) is 14.5. The monoisotopic (exact) mass is 1090 g/mol. The maximum absolute atomic E-state index is 14.1. The minimum absolute atomic E-state index is 0.222. The van der Waals surface area contributed by atoms with E-state index in [-0.39, 0.29) is 29.6 Å². The van der Waals surface area contributed by atoms with Gasteiger partial charge in [0, 0.05) is 112 Å². The molecule has 3 aliphatic carbocycles. The van der Waals surface area contributed by atoms with Crippen molar-refractivity contribution in [2.45, 2.75) is 53.3 Å². The van der Waals surface area contributed by atoms with Crippen molar-refractivity contribution in [1.29, 1.82) is 0 Å². The Labute approximate surface area is 445 Å². The van der Waals surface area contributed by atoms with Crippen LogP contribution in [0, 0.1) is 0 Å². The first-order valence-corrected chi connectivity index (χ1v) is 24.9. The molecule has 3 amide bonds. The van der Waals surface area contributed by atoms with Crippen molar-refractivity contribution in [2.24, 2.45) is 0 Å². The van der Waals surface area contributed by atoms with Crippen LogP contribution in [0.3, 0.4) is 0 Å². The Balaban J connectivity index is 0.000000139. The molecule has 0 aliphatic heterocycles. The van der Waals surface area contributed by atoms with Crippen LogP contribution in [0.25, 0.3) is 17.1 Å². The molecule has 3 fully saturated rings. The zero-order valence-electron chi connectivity index (χ0n) is 41.0. The van der Waals surface area contributed by atoms with Crippen molar-refractivity contribution in [3.63, 3.8) is 0 Å². The predicted octanol–water partition coefficient (Wildman–Crippen LogP) is 10.8. The third-order valence-electron chi connectivity index (χ3n) is 13.2. The fourth-order valence-corrected chi connectivity index (χ4v) is 8.87. The average Bonchev–Trinajstić information content (AvgIpc) is 3.99. The van der Waals surface area contributed by atoms with Crippen molar-refractivity contribution in [1.82, 2.24) is 44.3 Å². The second-order valence-electron chi connectivity index (χ2n) is 18.0. The van der Waals surface area contributed by atoms with E-state index in [1.807, 2.05) is 0 Å². The molecule has 1 unspecified atom stereocenters. The minimum Gasteiger partial charge on any atom is -0.308 e. The van der Waals surface area contributed by atoms with Crippen molar-refractivity contribution in [2.75, 3.05) is 22.2 Å². The number of hydrogen-bond acceptors (Lipinski definition) is 10. The summed E-state index contributed by atoms with van der Waals surface area (Å²) in [5, 5.41) is 20.2. The van der Waals surface area contributed by atoms with Gasteiger partial charge in [-0.2, -0.15) is 19.2 Å². The number of hydrogen-bond donors (Lipinski definition) is 3. The molecule has 6 heterocycles.